The molecule has 1 aliphatic rings. The molecule has 0 aromatic heterocycles. The predicted octanol–water partition coefficient (Wildman–Crippen LogP) is 3.18. The van der Waals surface area contributed by atoms with Crippen LogP contribution < -0.4 is 14.8 Å². The molecule has 2 amide bonds. The van der Waals surface area contributed by atoms with Gasteiger partial charge in [0.2, 0.25) is 18.6 Å². The number of carbonyl (C=O) groups is 2. The number of hydrogen-bond donors (Lipinski definition) is 1. The van der Waals surface area contributed by atoms with Crippen LogP contribution in [0.15, 0.2) is 48.5 Å². The Hall–Kier alpha value is -3.02. The number of ether oxygens (including phenoxy) is 2. The normalized spacial score (nSPS) is 12.1. The summed E-state index contributed by atoms with van der Waals surface area (Å²) < 4.78 is 10.5. The first-order chi connectivity index (χ1) is 12.5. The zero-order valence-corrected chi connectivity index (χ0v) is 14.9. The Kier molecular flexibility index (Phi) is 5.41. The molecule has 0 aliphatic carbocycles. The van der Waals surface area contributed by atoms with Crippen molar-refractivity contribution >= 4 is 17.5 Å². The van der Waals surface area contributed by atoms with Gasteiger partial charge in [0.15, 0.2) is 11.5 Å². The first kappa shape index (κ1) is 17.8. The maximum Gasteiger partial charge on any atom is 0.233 e. The van der Waals surface area contributed by atoms with Gasteiger partial charge in [0.25, 0.3) is 0 Å². The molecule has 2 aromatic carbocycles. The van der Waals surface area contributed by atoms with E-state index in [1.165, 1.54) is 0 Å². The van der Waals surface area contributed by atoms with Gasteiger partial charge in [-0.3, -0.25) is 9.59 Å². The van der Waals surface area contributed by atoms with Crippen molar-refractivity contribution in [1.29, 1.82) is 0 Å². The van der Waals surface area contributed by atoms with Gasteiger partial charge in [-0.05, 0) is 31.5 Å². The molecule has 136 valence electrons. The van der Waals surface area contributed by atoms with Crippen LogP contribution in [0.25, 0.3) is 0 Å². The van der Waals surface area contributed by atoms with Crippen molar-refractivity contribution in [3.8, 4) is 11.5 Å². The molecule has 2 aromatic rings. The number of benzene rings is 2. The molecule has 0 saturated carbocycles. The van der Waals surface area contributed by atoms with Gasteiger partial charge in [0.1, 0.15) is 6.42 Å². The van der Waals surface area contributed by atoms with Crippen LogP contribution in [-0.4, -0.2) is 29.5 Å². The Morgan fingerprint density at radius 3 is 2.54 bits per heavy atom. The summed E-state index contributed by atoms with van der Waals surface area (Å²) in [4.78, 5) is 26.6. The van der Waals surface area contributed by atoms with Crippen molar-refractivity contribution in [1.82, 2.24) is 4.90 Å². The van der Waals surface area contributed by atoms with Crippen molar-refractivity contribution in [2.75, 3.05) is 12.1 Å². The van der Waals surface area contributed by atoms with Crippen molar-refractivity contribution in [3.63, 3.8) is 0 Å². The second-order valence-corrected chi connectivity index (χ2v) is 6.39. The van der Waals surface area contributed by atoms with Crippen LogP contribution in [0, 0.1) is 0 Å². The number of hydrogen-bond acceptors (Lipinski definition) is 4. The van der Waals surface area contributed by atoms with E-state index in [-0.39, 0.29) is 31.1 Å². The van der Waals surface area contributed by atoms with Crippen molar-refractivity contribution in [2.24, 2.45) is 0 Å². The lowest BCUT2D eigenvalue weighted by atomic mass is 10.1. The zero-order valence-electron chi connectivity index (χ0n) is 14.9. The van der Waals surface area contributed by atoms with E-state index < -0.39 is 0 Å². The van der Waals surface area contributed by atoms with Gasteiger partial charge in [-0.1, -0.05) is 30.3 Å². The minimum Gasteiger partial charge on any atom is -0.454 e. The zero-order chi connectivity index (χ0) is 18.5. The molecule has 1 heterocycles. The van der Waals surface area contributed by atoms with Gasteiger partial charge in [0.05, 0.1) is 0 Å². The predicted molar refractivity (Wildman–Crippen MR) is 97.9 cm³/mol. The van der Waals surface area contributed by atoms with E-state index >= 15 is 0 Å². The fourth-order valence-electron chi connectivity index (χ4n) is 2.76. The summed E-state index contributed by atoms with van der Waals surface area (Å²) in [7, 11) is 0. The maximum absolute atomic E-state index is 12.6. The van der Waals surface area contributed by atoms with Crippen LogP contribution in [0.1, 0.15) is 25.8 Å². The molecule has 0 spiro atoms. The van der Waals surface area contributed by atoms with Gasteiger partial charge in [-0.25, -0.2) is 0 Å². The molecular weight excluding hydrogens is 332 g/mol. The van der Waals surface area contributed by atoms with Crippen LogP contribution in [0.2, 0.25) is 0 Å². The molecular formula is C20H22N2O4. The van der Waals surface area contributed by atoms with E-state index in [9.17, 15) is 9.59 Å². The lowest BCUT2D eigenvalue weighted by Gasteiger charge is -2.26. The number of carbonyl (C=O) groups excluding carboxylic acids is 2. The van der Waals surface area contributed by atoms with Crippen molar-refractivity contribution in [3.05, 3.63) is 54.1 Å². The molecule has 0 unspecified atom stereocenters. The summed E-state index contributed by atoms with van der Waals surface area (Å²) in [5.41, 5.74) is 1.61. The average molecular weight is 354 g/mol. The van der Waals surface area contributed by atoms with Crippen molar-refractivity contribution in [2.45, 2.75) is 32.9 Å². The molecule has 1 aliphatic heterocycles. The van der Waals surface area contributed by atoms with Crippen LogP contribution in [0.3, 0.4) is 0 Å². The number of nitrogens with one attached hydrogen (secondary N) is 1. The summed E-state index contributed by atoms with van der Waals surface area (Å²) in [6, 6.07) is 14.9. The molecule has 0 fully saturated rings. The quantitative estimate of drug-likeness (QED) is 0.809. The average Bonchev–Trinajstić information content (AvgIpc) is 3.07. The molecule has 6 heteroatoms. The number of anilines is 1. The van der Waals surface area contributed by atoms with Gasteiger partial charge in [-0.2, -0.15) is 0 Å². The van der Waals surface area contributed by atoms with Gasteiger partial charge < -0.3 is 19.7 Å². The minimum atomic E-state index is -0.354. The molecule has 0 saturated heterocycles. The van der Waals surface area contributed by atoms with E-state index in [1.807, 2.05) is 44.2 Å². The molecule has 3 rings (SSSR count). The molecule has 26 heavy (non-hydrogen) atoms. The van der Waals surface area contributed by atoms with Gasteiger partial charge in [-0.15, -0.1) is 0 Å². The highest BCUT2D eigenvalue weighted by Gasteiger charge is 2.21. The first-order valence-electron chi connectivity index (χ1n) is 8.56. The number of nitrogens with zero attached hydrogens (tertiary/aromatic N) is 1. The van der Waals surface area contributed by atoms with E-state index in [1.54, 1.807) is 23.1 Å². The van der Waals surface area contributed by atoms with E-state index in [4.69, 9.17) is 9.47 Å². The Balaban J connectivity index is 1.60. The second-order valence-electron chi connectivity index (χ2n) is 6.39. The third-order valence-electron chi connectivity index (χ3n) is 4.11. The van der Waals surface area contributed by atoms with Crippen LogP contribution in [-0.2, 0) is 16.1 Å². The standard InChI is InChI=1S/C20H22N2O4/c1-14(2)22(12-15-6-4-3-5-7-15)20(24)11-19(23)21-16-8-9-17-18(10-16)26-13-25-17/h3-10,14H,11-13H2,1-2H3,(H,21,23). The van der Waals surface area contributed by atoms with E-state index in [0.29, 0.717) is 23.7 Å². The Labute approximate surface area is 152 Å². The fraction of sp³-hybridized carbons (Fsp3) is 0.300. The SMILES string of the molecule is CC(C)N(Cc1ccccc1)C(=O)CC(=O)Nc1ccc2c(c1)OCO2. The largest absolute Gasteiger partial charge is 0.454 e. The molecule has 1 N–H and O–H groups in total. The monoisotopic (exact) mass is 354 g/mol. The van der Waals surface area contributed by atoms with Crippen LogP contribution in [0.5, 0.6) is 11.5 Å². The van der Waals surface area contributed by atoms with Gasteiger partial charge in [0, 0.05) is 24.3 Å². The molecule has 6 nitrogen and oxygen atoms in total. The second kappa shape index (κ2) is 7.91. The summed E-state index contributed by atoms with van der Waals surface area (Å²) in [5, 5.41) is 2.74. The third kappa shape index (κ3) is 4.33. The Bertz CT molecular complexity index is 790. The smallest absolute Gasteiger partial charge is 0.233 e. The Morgan fingerprint density at radius 1 is 1.08 bits per heavy atom. The summed E-state index contributed by atoms with van der Waals surface area (Å²) in [6.07, 6.45) is -0.209. The summed E-state index contributed by atoms with van der Waals surface area (Å²) in [5.74, 6) is 0.671. The number of rotatable bonds is 6. The molecule has 0 atom stereocenters. The number of amides is 2. The lowest BCUT2D eigenvalue weighted by molar-refractivity contribution is -0.136. The van der Waals surface area contributed by atoms with Crippen LogP contribution >= 0.6 is 0 Å². The van der Waals surface area contributed by atoms with Crippen LogP contribution in [0.4, 0.5) is 5.69 Å². The molecule has 0 bridgehead atoms. The summed E-state index contributed by atoms with van der Waals surface area (Å²) in [6.45, 7) is 4.54. The number of fused-ring (bicyclic) bond motifs is 1. The summed E-state index contributed by atoms with van der Waals surface area (Å²) >= 11 is 0. The third-order valence-corrected chi connectivity index (χ3v) is 4.11. The van der Waals surface area contributed by atoms with Crippen molar-refractivity contribution < 1.29 is 19.1 Å². The highest BCUT2D eigenvalue weighted by atomic mass is 16.7. The maximum atomic E-state index is 12.6. The minimum absolute atomic E-state index is 0.000972. The van der Waals surface area contributed by atoms with Gasteiger partial charge >= 0.3 is 0 Å². The van der Waals surface area contributed by atoms with E-state index in [2.05, 4.69) is 5.32 Å². The van der Waals surface area contributed by atoms with E-state index in [0.717, 1.165) is 5.56 Å². The first-order valence-corrected chi connectivity index (χ1v) is 8.56. The highest BCUT2D eigenvalue weighted by molar-refractivity contribution is 6.03. The highest BCUT2D eigenvalue weighted by Crippen LogP contribution is 2.34. The molecule has 0 radical (unpaired) electrons. The lowest BCUT2D eigenvalue weighted by Crippen LogP contribution is -2.38. The fourth-order valence-corrected chi connectivity index (χ4v) is 2.76. The Morgan fingerprint density at radius 2 is 1.81 bits per heavy atom. The topological polar surface area (TPSA) is 67.9 Å².